The number of unbranched alkanes of at least 4 members (excludes halogenated alkanes) is 2. The van der Waals surface area contributed by atoms with Crippen molar-refractivity contribution in [3.63, 3.8) is 0 Å². The molecule has 0 radical (unpaired) electrons. The smallest absolute Gasteiger partial charge is 0.339 e. The molecule has 80 valence electrons. The number of rotatable bonds is 4. The van der Waals surface area contributed by atoms with Gasteiger partial charge in [-0.3, -0.25) is 0 Å². The largest absolute Gasteiger partial charge is 0.454 e. The molecule has 2 rings (SSSR count). The first kappa shape index (κ1) is 10.2. The first-order valence-corrected chi connectivity index (χ1v) is 5.63. The van der Waals surface area contributed by atoms with Gasteiger partial charge in [0.15, 0.2) is 0 Å². The first-order chi connectivity index (χ1) is 7.33. The van der Waals surface area contributed by atoms with Crippen LogP contribution in [-0.4, -0.2) is 5.97 Å². The molecule has 0 bridgehead atoms. The molecule has 1 atom stereocenters. The molecule has 1 aromatic rings. The number of cyclic esters (lactones) is 1. The molecule has 0 saturated carbocycles. The van der Waals surface area contributed by atoms with E-state index in [0.29, 0.717) is 0 Å². The Labute approximate surface area is 90.3 Å². The van der Waals surface area contributed by atoms with Crippen molar-refractivity contribution >= 4 is 5.97 Å². The van der Waals surface area contributed by atoms with Crippen molar-refractivity contribution < 1.29 is 9.53 Å². The number of ether oxygens (including phenoxy) is 1. The average molecular weight is 204 g/mol. The fraction of sp³-hybridized carbons (Fsp3) is 0.462. The minimum atomic E-state index is -0.160. The number of carbonyl (C=O) groups is 1. The first-order valence-electron chi connectivity index (χ1n) is 5.63. The van der Waals surface area contributed by atoms with Gasteiger partial charge >= 0.3 is 5.97 Å². The molecule has 1 unspecified atom stereocenters. The van der Waals surface area contributed by atoms with E-state index in [0.717, 1.165) is 24.0 Å². The van der Waals surface area contributed by atoms with Crippen molar-refractivity contribution in [1.82, 2.24) is 0 Å². The van der Waals surface area contributed by atoms with E-state index >= 15 is 0 Å². The topological polar surface area (TPSA) is 26.3 Å². The highest BCUT2D eigenvalue weighted by molar-refractivity contribution is 5.93. The SMILES string of the molecule is CCCCCC1OC(=O)c2ccccc21. The van der Waals surface area contributed by atoms with Crippen LogP contribution in [0.25, 0.3) is 0 Å². The molecule has 0 aromatic heterocycles. The molecule has 1 aliphatic rings. The van der Waals surface area contributed by atoms with Crippen LogP contribution in [0.2, 0.25) is 0 Å². The van der Waals surface area contributed by atoms with Gasteiger partial charge in [-0.1, -0.05) is 38.0 Å². The third-order valence-electron chi connectivity index (χ3n) is 2.85. The van der Waals surface area contributed by atoms with Crippen LogP contribution in [-0.2, 0) is 4.74 Å². The third-order valence-corrected chi connectivity index (χ3v) is 2.85. The van der Waals surface area contributed by atoms with Gasteiger partial charge in [0.1, 0.15) is 6.10 Å². The Morgan fingerprint density at radius 3 is 2.87 bits per heavy atom. The summed E-state index contributed by atoms with van der Waals surface area (Å²) in [6.07, 6.45) is 4.48. The minimum Gasteiger partial charge on any atom is -0.454 e. The van der Waals surface area contributed by atoms with Crippen molar-refractivity contribution in [2.24, 2.45) is 0 Å². The number of hydrogen-bond donors (Lipinski definition) is 0. The molecule has 15 heavy (non-hydrogen) atoms. The summed E-state index contributed by atoms with van der Waals surface area (Å²) >= 11 is 0. The zero-order valence-electron chi connectivity index (χ0n) is 9.03. The van der Waals surface area contributed by atoms with Gasteiger partial charge in [0, 0.05) is 5.56 Å². The van der Waals surface area contributed by atoms with Crippen LogP contribution in [0, 0.1) is 0 Å². The summed E-state index contributed by atoms with van der Waals surface area (Å²) in [6, 6.07) is 7.69. The summed E-state index contributed by atoms with van der Waals surface area (Å²) in [4.78, 5) is 11.5. The molecule has 0 spiro atoms. The Morgan fingerprint density at radius 1 is 1.27 bits per heavy atom. The van der Waals surface area contributed by atoms with Crippen molar-refractivity contribution in [1.29, 1.82) is 0 Å². The number of carbonyl (C=O) groups excluding carboxylic acids is 1. The molecular formula is C13H16O2. The van der Waals surface area contributed by atoms with Crippen molar-refractivity contribution in [3.8, 4) is 0 Å². The van der Waals surface area contributed by atoms with E-state index in [1.807, 2.05) is 24.3 Å². The summed E-state index contributed by atoms with van der Waals surface area (Å²) in [6.45, 7) is 2.18. The van der Waals surface area contributed by atoms with Crippen molar-refractivity contribution in [2.75, 3.05) is 0 Å². The molecule has 2 nitrogen and oxygen atoms in total. The molecule has 2 heteroatoms. The minimum absolute atomic E-state index is 0.000231. The summed E-state index contributed by atoms with van der Waals surface area (Å²) in [5, 5.41) is 0. The van der Waals surface area contributed by atoms with Crippen LogP contribution in [0.1, 0.15) is 54.6 Å². The Hall–Kier alpha value is -1.31. The molecule has 1 aliphatic heterocycles. The fourth-order valence-corrected chi connectivity index (χ4v) is 2.01. The Morgan fingerprint density at radius 2 is 2.07 bits per heavy atom. The van der Waals surface area contributed by atoms with Crippen LogP contribution in [0.5, 0.6) is 0 Å². The second-order valence-electron chi connectivity index (χ2n) is 3.98. The summed E-state index contributed by atoms with van der Waals surface area (Å²) < 4.78 is 5.34. The Bertz CT molecular complexity index is 357. The van der Waals surface area contributed by atoms with Gasteiger partial charge in [0.05, 0.1) is 5.56 Å². The van der Waals surface area contributed by atoms with E-state index in [1.165, 1.54) is 12.8 Å². The van der Waals surface area contributed by atoms with Crippen molar-refractivity contribution in [3.05, 3.63) is 35.4 Å². The second-order valence-corrected chi connectivity index (χ2v) is 3.98. The lowest BCUT2D eigenvalue weighted by Gasteiger charge is -2.09. The Kier molecular flexibility index (Phi) is 3.05. The number of hydrogen-bond acceptors (Lipinski definition) is 2. The van der Waals surface area contributed by atoms with Gasteiger partial charge in [-0.25, -0.2) is 4.79 Å². The van der Waals surface area contributed by atoms with E-state index in [-0.39, 0.29) is 12.1 Å². The quantitative estimate of drug-likeness (QED) is 0.554. The van der Waals surface area contributed by atoms with E-state index in [2.05, 4.69) is 6.92 Å². The predicted molar refractivity (Wildman–Crippen MR) is 58.7 cm³/mol. The van der Waals surface area contributed by atoms with Crippen molar-refractivity contribution in [2.45, 2.75) is 38.7 Å². The fourth-order valence-electron chi connectivity index (χ4n) is 2.01. The number of esters is 1. The number of fused-ring (bicyclic) bond motifs is 1. The van der Waals surface area contributed by atoms with Crippen LogP contribution in [0.4, 0.5) is 0 Å². The monoisotopic (exact) mass is 204 g/mol. The van der Waals surface area contributed by atoms with E-state index < -0.39 is 0 Å². The molecule has 1 heterocycles. The normalized spacial score (nSPS) is 18.7. The second kappa shape index (κ2) is 4.47. The Balaban J connectivity index is 2.08. The maximum absolute atomic E-state index is 11.5. The highest BCUT2D eigenvalue weighted by Gasteiger charge is 2.29. The maximum Gasteiger partial charge on any atom is 0.339 e. The van der Waals surface area contributed by atoms with E-state index in [4.69, 9.17) is 4.74 Å². The van der Waals surface area contributed by atoms with Crippen LogP contribution in [0.3, 0.4) is 0 Å². The van der Waals surface area contributed by atoms with Gasteiger partial charge in [-0.15, -0.1) is 0 Å². The molecule has 0 N–H and O–H groups in total. The van der Waals surface area contributed by atoms with E-state index in [1.54, 1.807) is 0 Å². The summed E-state index contributed by atoms with van der Waals surface area (Å²) in [5.74, 6) is -0.160. The van der Waals surface area contributed by atoms with Crippen LogP contribution >= 0.6 is 0 Å². The highest BCUT2D eigenvalue weighted by Crippen LogP contribution is 2.33. The third kappa shape index (κ3) is 2.04. The molecule has 1 aromatic carbocycles. The molecule has 0 amide bonds. The lowest BCUT2D eigenvalue weighted by Crippen LogP contribution is -1.98. The zero-order chi connectivity index (χ0) is 10.7. The van der Waals surface area contributed by atoms with Gasteiger partial charge in [0.25, 0.3) is 0 Å². The predicted octanol–water partition coefficient (Wildman–Crippen LogP) is 3.48. The van der Waals surface area contributed by atoms with Crippen LogP contribution < -0.4 is 0 Å². The summed E-state index contributed by atoms with van der Waals surface area (Å²) in [5.41, 5.74) is 1.82. The highest BCUT2D eigenvalue weighted by atomic mass is 16.5. The van der Waals surface area contributed by atoms with Gasteiger partial charge in [-0.2, -0.15) is 0 Å². The maximum atomic E-state index is 11.5. The lowest BCUT2D eigenvalue weighted by molar-refractivity contribution is 0.0363. The van der Waals surface area contributed by atoms with Gasteiger partial charge in [0.2, 0.25) is 0 Å². The van der Waals surface area contributed by atoms with E-state index in [9.17, 15) is 4.79 Å². The summed E-state index contributed by atoms with van der Waals surface area (Å²) in [7, 11) is 0. The number of benzene rings is 1. The average Bonchev–Trinajstić information content (AvgIpc) is 2.58. The molecular weight excluding hydrogens is 188 g/mol. The molecule has 0 fully saturated rings. The lowest BCUT2D eigenvalue weighted by atomic mass is 10.0. The van der Waals surface area contributed by atoms with Crippen LogP contribution in [0.15, 0.2) is 24.3 Å². The molecule has 0 aliphatic carbocycles. The molecule has 0 saturated heterocycles. The van der Waals surface area contributed by atoms with Gasteiger partial charge in [-0.05, 0) is 18.9 Å². The zero-order valence-corrected chi connectivity index (χ0v) is 9.03. The standard InChI is InChI=1S/C13H16O2/c1-2-3-4-9-12-10-7-5-6-8-11(10)13(14)15-12/h5-8,12H,2-4,9H2,1H3. The van der Waals surface area contributed by atoms with Gasteiger partial charge < -0.3 is 4.74 Å².